The summed E-state index contributed by atoms with van der Waals surface area (Å²) in [5.74, 6) is 4.19. The van der Waals surface area contributed by atoms with Crippen molar-refractivity contribution in [2.24, 2.45) is 9.98 Å². The molecule has 1 saturated carbocycles. The van der Waals surface area contributed by atoms with Gasteiger partial charge in [0.15, 0.2) is 0 Å². The molecule has 1 fully saturated rings. The maximum atomic E-state index is 6.42. The normalized spacial score (nSPS) is 22.3. The van der Waals surface area contributed by atoms with Crippen molar-refractivity contribution in [2.45, 2.75) is 72.8 Å². The highest BCUT2D eigenvalue weighted by atomic mass is 16.7. The number of allylic oxidation sites excluding steroid dienone is 2. The Balaban J connectivity index is 0.000000162. The smallest absolute Gasteiger partial charge is 0.149 e. The summed E-state index contributed by atoms with van der Waals surface area (Å²) in [6.07, 6.45) is 14.0. The minimum atomic E-state index is 0.345. The highest BCUT2D eigenvalue weighted by Gasteiger charge is 2.38. The summed E-state index contributed by atoms with van der Waals surface area (Å²) in [5, 5.41) is 3.64. The van der Waals surface area contributed by atoms with E-state index < -0.39 is 0 Å². The van der Waals surface area contributed by atoms with Gasteiger partial charge >= 0.3 is 0 Å². The van der Waals surface area contributed by atoms with Crippen LogP contribution in [0.2, 0.25) is 0 Å². The van der Waals surface area contributed by atoms with Crippen LogP contribution in [-0.2, 0) is 19.1 Å². The molecule has 46 heavy (non-hydrogen) atoms. The first-order chi connectivity index (χ1) is 22.4. The van der Waals surface area contributed by atoms with Gasteiger partial charge in [-0.25, -0.2) is 20.1 Å². The molecule has 0 bridgehead atoms. The summed E-state index contributed by atoms with van der Waals surface area (Å²) in [4.78, 5) is 29.4. The summed E-state index contributed by atoms with van der Waals surface area (Å²) >= 11 is 0. The minimum absolute atomic E-state index is 0.345. The number of hydrogen-bond acceptors (Lipinski definition) is 12. The number of nitrogens with zero attached hydrogens (tertiary/aromatic N) is 8. The standard InChI is InChI=1S/C18H26N4O2.C16H24N4O2/c1-4-20-10-13(2)17(24-15-7-5-6-8-15)16-18(20)22-12-21(23-3)11-14(22)9-19-16;1-5-7-22-15-12(3)9-18(6-2)16-14(15)17-8-13-10-19(21-4)11-20(13)16/h9,11,15H,4-8,10,12H2,1-3H3;8,10H,5-7,9,11H2,1-4H3. The third-order valence-electron chi connectivity index (χ3n) is 9.25. The van der Waals surface area contributed by atoms with Crippen LogP contribution in [0, 0.1) is 0 Å². The Morgan fingerprint density at radius 1 is 0.739 bits per heavy atom. The molecule has 0 aromatic carbocycles. The first kappa shape index (κ1) is 32.1. The fraction of sp³-hybridized carbons (Fsp3) is 0.588. The molecule has 6 aliphatic heterocycles. The molecule has 6 heterocycles. The number of ether oxygens (including phenoxy) is 2. The van der Waals surface area contributed by atoms with E-state index in [2.05, 4.69) is 59.2 Å². The summed E-state index contributed by atoms with van der Waals surface area (Å²) in [5.41, 5.74) is 6.54. The molecule has 0 radical (unpaired) electrons. The van der Waals surface area contributed by atoms with Crippen LogP contribution < -0.4 is 0 Å². The average molecular weight is 635 g/mol. The number of hydrogen-bond donors (Lipinski definition) is 0. The lowest BCUT2D eigenvalue weighted by Gasteiger charge is -2.40. The van der Waals surface area contributed by atoms with Gasteiger partial charge in [-0.3, -0.25) is 9.68 Å². The van der Waals surface area contributed by atoms with Crippen LogP contribution in [0.1, 0.15) is 66.7 Å². The van der Waals surface area contributed by atoms with Crippen LogP contribution in [0.3, 0.4) is 0 Å². The Morgan fingerprint density at radius 3 is 1.72 bits per heavy atom. The van der Waals surface area contributed by atoms with Crippen LogP contribution >= 0.6 is 0 Å². The van der Waals surface area contributed by atoms with E-state index in [4.69, 9.17) is 24.1 Å². The van der Waals surface area contributed by atoms with E-state index in [-0.39, 0.29) is 0 Å². The minimum Gasteiger partial charge on any atom is -0.491 e. The van der Waals surface area contributed by atoms with Crippen molar-refractivity contribution < 1.29 is 19.1 Å². The molecule has 250 valence electrons. The Labute approximate surface area is 273 Å². The first-order valence-electron chi connectivity index (χ1n) is 16.8. The molecule has 0 unspecified atom stereocenters. The third-order valence-corrected chi connectivity index (χ3v) is 9.25. The number of hydroxylamine groups is 4. The quantitative estimate of drug-likeness (QED) is 0.344. The van der Waals surface area contributed by atoms with E-state index in [1.807, 2.05) is 35.0 Å². The van der Waals surface area contributed by atoms with Crippen molar-refractivity contribution in [2.75, 3.05) is 60.3 Å². The van der Waals surface area contributed by atoms with Gasteiger partial charge < -0.3 is 29.1 Å². The van der Waals surface area contributed by atoms with E-state index in [9.17, 15) is 0 Å². The highest BCUT2D eigenvalue weighted by molar-refractivity contribution is 5.82. The van der Waals surface area contributed by atoms with E-state index in [0.717, 1.165) is 98.0 Å². The predicted molar refractivity (Wildman–Crippen MR) is 178 cm³/mol. The number of aliphatic imine (C=N–C) groups is 2. The van der Waals surface area contributed by atoms with E-state index in [1.165, 1.54) is 24.0 Å². The maximum Gasteiger partial charge on any atom is 0.149 e. The van der Waals surface area contributed by atoms with Gasteiger partial charge in [0.25, 0.3) is 0 Å². The maximum absolute atomic E-state index is 6.42. The number of likely N-dealkylation sites (N-methyl/N-ethyl adjacent to an activating group) is 2. The first-order valence-corrected chi connectivity index (χ1v) is 16.8. The number of rotatable bonds is 9. The molecule has 0 atom stereocenters. The fourth-order valence-electron chi connectivity index (χ4n) is 6.88. The third kappa shape index (κ3) is 6.00. The zero-order valence-corrected chi connectivity index (χ0v) is 28.6. The van der Waals surface area contributed by atoms with Gasteiger partial charge in [0, 0.05) is 26.2 Å². The van der Waals surface area contributed by atoms with Crippen molar-refractivity contribution in [3.8, 4) is 0 Å². The summed E-state index contributed by atoms with van der Waals surface area (Å²) in [6, 6.07) is 0. The van der Waals surface area contributed by atoms with Crippen molar-refractivity contribution in [1.29, 1.82) is 0 Å². The molecule has 0 aromatic heterocycles. The molecule has 0 amide bonds. The van der Waals surface area contributed by atoms with Gasteiger partial charge in [0.1, 0.15) is 47.9 Å². The lowest BCUT2D eigenvalue weighted by Crippen LogP contribution is -2.42. The Bertz CT molecular complexity index is 1430. The van der Waals surface area contributed by atoms with Crippen molar-refractivity contribution in [1.82, 2.24) is 29.7 Å². The van der Waals surface area contributed by atoms with Crippen LogP contribution in [0.5, 0.6) is 0 Å². The van der Waals surface area contributed by atoms with Gasteiger partial charge in [-0.2, -0.15) is 0 Å². The van der Waals surface area contributed by atoms with Crippen LogP contribution in [0.25, 0.3) is 0 Å². The summed E-state index contributed by atoms with van der Waals surface area (Å²) < 4.78 is 12.4. The van der Waals surface area contributed by atoms with Gasteiger partial charge in [0.05, 0.1) is 63.2 Å². The molecule has 0 aromatic rings. The average Bonchev–Trinajstić information content (AvgIpc) is 3.84. The van der Waals surface area contributed by atoms with Gasteiger partial charge in [-0.15, -0.1) is 0 Å². The molecule has 7 rings (SSSR count). The van der Waals surface area contributed by atoms with Gasteiger partial charge in [-0.1, -0.05) is 6.92 Å². The fourth-order valence-corrected chi connectivity index (χ4v) is 6.88. The topological polar surface area (TPSA) is 81.1 Å². The Kier molecular flexibility index (Phi) is 9.65. The second-order valence-electron chi connectivity index (χ2n) is 12.4. The molecule has 0 N–H and O–H groups in total. The predicted octanol–water partition coefficient (Wildman–Crippen LogP) is 5.04. The summed E-state index contributed by atoms with van der Waals surface area (Å²) in [6.45, 7) is 16.5. The molecule has 12 nitrogen and oxygen atoms in total. The zero-order valence-electron chi connectivity index (χ0n) is 28.6. The van der Waals surface area contributed by atoms with Gasteiger partial charge in [0.2, 0.25) is 0 Å². The molecule has 1 aliphatic carbocycles. The van der Waals surface area contributed by atoms with E-state index >= 15 is 0 Å². The summed E-state index contributed by atoms with van der Waals surface area (Å²) in [7, 11) is 3.37. The largest absolute Gasteiger partial charge is 0.491 e. The SMILES string of the molecule is CCCOC1=C(C)CN(CC)C2=C1N=CC1=CN(OC)CN12.CCN1CC(C)=C(OC2CCCC2)C2=C1N1CN(OC)C=C1C=N2. The second-order valence-corrected chi connectivity index (χ2v) is 12.4. The Hall–Kier alpha value is -3.90. The molecule has 12 heteroatoms. The molecule has 0 spiro atoms. The molecule has 0 saturated heterocycles. The lowest BCUT2D eigenvalue weighted by molar-refractivity contribution is -0.0972. The van der Waals surface area contributed by atoms with Crippen molar-refractivity contribution in [3.05, 3.63) is 69.5 Å². The molecular formula is C34H50N8O4. The number of fused-ring (bicyclic) bond motifs is 4. The lowest BCUT2D eigenvalue weighted by atomic mass is 10.1. The van der Waals surface area contributed by atoms with Crippen LogP contribution in [0.4, 0.5) is 0 Å². The van der Waals surface area contributed by atoms with Gasteiger partial charge in [-0.05, 0) is 70.9 Å². The van der Waals surface area contributed by atoms with E-state index in [1.54, 1.807) is 14.2 Å². The Morgan fingerprint density at radius 2 is 1.24 bits per heavy atom. The molecule has 7 aliphatic rings. The highest BCUT2D eigenvalue weighted by Crippen LogP contribution is 2.40. The van der Waals surface area contributed by atoms with Crippen molar-refractivity contribution in [3.63, 3.8) is 0 Å². The van der Waals surface area contributed by atoms with Crippen LogP contribution in [-0.4, -0.2) is 109 Å². The zero-order chi connectivity index (χ0) is 32.4. The van der Waals surface area contributed by atoms with Crippen LogP contribution in [0.15, 0.2) is 79.5 Å². The molecular weight excluding hydrogens is 584 g/mol. The van der Waals surface area contributed by atoms with Crippen molar-refractivity contribution >= 4 is 12.4 Å². The monoisotopic (exact) mass is 634 g/mol. The van der Waals surface area contributed by atoms with E-state index in [0.29, 0.717) is 19.4 Å². The second kappa shape index (κ2) is 13.8.